The minimum Gasteiger partial charge on any atom is -0.393 e. The maximum absolute atomic E-state index is 11.5. The van der Waals surface area contributed by atoms with Crippen molar-refractivity contribution >= 4 is 5.91 Å². The normalized spacial score (nSPS) is 16.9. The van der Waals surface area contributed by atoms with Crippen LogP contribution in [0.15, 0.2) is 0 Å². The van der Waals surface area contributed by atoms with Crippen LogP contribution in [0.1, 0.15) is 27.2 Å². The number of hydrogen-bond donors (Lipinski definition) is 2. The predicted octanol–water partition coefficient (Wildman–Crippen LogP) is 0.792. The topological polar surface area (TPSA) is 58.6 Å². The van der Waals surface area contributed by atoms with Gasteiger partial charge in [-0.2, -0.15) is 0 Å². The molecule has 0 radical (unpaired) electrons. The fourth-order valence-corrected chi connectivity index (χ4v) is 1.44. The van der Waals surface area contributed by atoms with E-state index in [9.17, 15) is 4.79 Å². The van der Waals surface area contributed by atoms with Crippen molar-refractivity contribution < 1.29 is 14.6 Å². The average molecular weight is 217 g/mol. The van der Waals surface area contributed by atoms with Crippen LogP contribution in [-0.4, -0.2) is 37.4 Å². The summed E-state index contributed by atoms with van der Waals surface area (Å²) >= 11 is 0. The fraction of sp³-hybridized carbons (Fsp3) is 0.909. The summed E-state index contributed by atoms with van der Waals surface area (Å²) in [6.45, 7) is 6.65. The van der Waals surface area contributed by atoms with E-state index in [0.717, 1.165) is 0 Å². The van der Waals surface area contributed by atoms with Crippen LogP contribution >= 0.6 is 0 Å². The molecule has 0 aliphatic rings. The summed E-state index contributed by atoms with van der Waals surface area (Å²) in [5.74, 6) is 0.187. The minimum absolute atomic E-state index is 0.00860. The first-order valence-electron chi connectivity index (χ1n) is 5.42. The molecular formula is C11H23NO3. The lowest BCUT2D eigenvalue weighted by atomic mass is 10.0. The molecule has 4 nitrogen and oxygen atoms in total. The number of aliphatic hydroxyl groups excluding tert-OH is 1. The summed E-state index contributed by atoms with van der Waals surface area (Å²) in [6.07, 6.45) is 0.396. The number of aliphatic hydroxyl groups is 1. The number of methoxy groups -OCH3 is 1. The quantitative estimate of drug-likeness (QED) is 0.663. The molecular weight excluding hydrogens is 194 g/mol. The molecule has 1 amide bonds. The first-order valence-corrected chi connectivity index (χ1v) is 5.42. The lowest BCUT2D eigenvalue weighted by molar-refractivity contribution is -0.126. The lowest BCUT2D eigenvalue weighted by Crippen LogP contribution is -2.35. The Labute approximate surface area is 92.0 Å². The Balaban J connectivity index is 3.70. The number of carbonyl (C=O) groups excluding carboxylic acids is 1. The third-order valence-corrected chi connectivity index (χ3v) is 2.23. The molecule has 3 atom stereocenters. The van der Waals surface area contributed by atoms with Crippen molar-refractivity contribution in [2.45, 2.75) is 33.3 Å². The summed E-state index contributed by atoms with van der Waals surface area (Å²) in [6, 6.07) is 0. The van der Waals surface area contributed by atoms with Crippen LogP contribution in [0.3, 0.4) is 0 Å². The molecule has 4 heteroatoms. The molecule has 0 saturated carbocycles. The molecule has 3 unspecified atom stereocenters. The first kappa shape index (κ1) is 14.4. The van der Waals surface area contributed by atoms with Gasteiger partial charge in [-0.3, -0.25) is 4.79 Å². The van der Waals surface area contributed by atoms with Gasteiger partial charge in [0.2, 0.25) is 5.91 Å². The van der Waals surface area contributed by atoms with Crippen molar-refractivity contribution in [2.24, 2.45) is 11.8 Å². The monoisotopic (exact) mass is 217 g/mol. The van der Waals surface area contributed by atoms with Crippen LogP contribution in [0.25, 0.3) is 0 Å². The summed E-state index contributed by atoms with van der Waals surface area (Å²) in [4.78, 5) is 11.5. The Kier molecular flexibility index (Phi) is 7.34. The van der Waals surface area contributed by atoms with Gasteiger partial charge < -0.3 is 15.2 Å². The van der Waals surface area contributed by atoms with E-state index in [0.29, 0.717) is 25.5 Å². The number of hydrogen-bond acceptors (Lipinski definition) is 3. The van der Waals surface area contributed by atoms with Gasteiger partial charge in [-0.15, -0.1) is 0 Å². The third kappa shape index (κ3) is 7.33. The van der Waals surface area contributed by atoms with Gasteiger partial charge in [-0.05, 0) is 19.3 Å². The van der Waals surface area contributed by atoms with Crippen molar-refractivity contribution in [3.8, 4) is 0 Å². The van der Waals surface area contributed by atoms with Crippen LogP contribution in [0.5, 0.6) is 0 Å². The Hall–Kier alpha value is -0.610. The Bertz CT molecular complexity index is 183. The molecule has 2 N–H and O–H groups in total. The average Bonchev–Trinajstić information content (AvgIpc) is 2.13. The molecule has 0 aliphatic heterocycles. The van der Waals surface area contributed by atoms with E-state index in [1.54, 1.807) is 14.0 Å². The van der Waals surface area contributed by atoms with E-state index in [2.05, 4.69) is 5.32 Å². The molecule has 0 bridgehead atoms. The maximum Gasteiger partial charge on any atom is 0.225 e. The van der Waals surface area contributed by atoms with Crippen molar-refractivity contribution in [2.75, 3.05) is 20.3 Å². The molecule has 0 rings (SSSR count). The van der Waals surface area contributed by atoms with Gasteiger partial charge >= 0.3 is 0 Å². The summed E-state index contributed by atoms with van der Waals surface area (Å²) in [5.41, 5.74) is 0. The third-order valence-electron chi connectivity index (χ3n) is 2.23. The van der Waals surface area contributed by atoms with Gasteiger partial charge in [-0.1, -0.05) is 13.8 Å². The zero-order chi connectivity index (χ0) is 11.8. The molecule has 0 aromatic rings. The van der Waals surface area contributed by atoms with Gasteiger partial charge in [0.15, 0.2) is 0 Å². The Morgan fingerprint density at radius 2 is 2.00 bits per heavy atom. The number of carbonyl (C=O) groups is 1. The second-order valence-corrected chi connectivity index (χ2v) is 4.29. The Morgan fingerprint density at radius 1 is 1.40 bits per heavy atom. The van der Waals surface area contributed by atoms with E-state index in [4.69, 9.17) is 9.84 Å². The van der Waals surface area contributed by atoms with E-state index < -0.39 is 0 Å². The van der Waals surface area contributed by atoms with E-state index in [1.807, 2.05) is 13.8 Å². The Morgan fingerprint density at radius 3 is 2.47 bits per heavy atom. The van der Waals surface area contributed by atoms with Crippen LogP contribution in [0.2, 0.25) is 0 Å². The molecule has 15 heavy (non-hydrogen) atoms. The van der Waals surface area contributed by atoms with Crippen LogP contribution in [0, 0.1) is 11.8 Å². The molecule has 0 fully saturated rings. The molecule has 0 saturated heterocycles. The zero-order valence-corrected chi connectivity index (χ0v) is 10.1. The van der Waals surface area contributed by atoms with Crippen molar-refractivity contribution in [3.05, 3.63) is 0 Å². The molecule has 0 spiro atoms. The van der Waals surface area contributed by atoms with Gasteiger partial charge in [0.25, 0.3) is 0 Å². The number of ether oxygens (including phenoxy) is 1. The van der Waals surface area contributed by atoms with Gasteiger partial charge in [-0.25, -0.2) is 0 Å². The van der Waals surface area contributed by atoms with Crippen LogP contribution < -0.4 is 5.32 Å². The maximum atomic E-state index is 11.5. The molecule has 90 valence electrons. The standard InChI is InChI=1S/C11H23NO3/c1-8(5-10(3)13)6-12-11(14)9(2)7-15-4/h8-10,13H,5-7H2,1-4H3,(H,12,14). The molecule has 0 heterocycles. The van der Waals surface area contributed by atoms with Crippen LogP contribution in [-0.2, 0) is 9.53 Å². The highest BCUT2D eigenvalue weighted by atomic mass is 16.5. The highest BCUT2D eigenvalue weighted by Gasteiger charge is 2.13. The lowest BCUT2D eigenvalue weighted by Gasteiger charge is -2.16. The second kappa shape index (κ2) is 7.65. The van der Waals surface area contributed by atoms with Gasteiger partial charge in [0.05, 0.1) is 18.6 Å². The number of nitrogens with one attached hydrogen (secondary N) is 1. The molecule has 0 aromatic carbocycles. The highest BCUT2D eigenvalue weighted by Crippen LogP contribution is 2.04. The second-order valence-electron chi connectivity index (χ2n) is 4.29. The predicted molar refractivity (Wildman–Crippen MR) is 59.5 cm³/mol. The van der Waals surface area contributed by atoms with E-state index >= 15 is 0 Å². The summed E-state index contributed by atoms with van der Waals surface area (Å²) < 4.78 is 4.90. The van der Waals surface area contributed by atoms with E-state index in [-0.39, 0.29) is 17.9 Å². The largest absolute Gasteiger partial charge is 0.393 e. The molecule has 0 aliphatic carbocycles. The zero-order valence-electron chi connectivity index (χ0n) is 10.1. The summed E-state index contributed by atoms with van der Waals surface area (Å²) in [7, 11) is 1.58. The minimum atomic E-state index is -0.312. The van der Waals surface area contributed by atoms with Gasteiger partial charge in [0.1, 0.15) is 0 Å². The number of rotatable bonds is 7. The molecule has 0 aromatic heterocycles. The first-order chi connectivity index (χ1) is 6.97. The van der Waals surface area contributed by atoms with Crippen molar-refractivity contribution in [1.29, 1.82) is 0 Å². The smallest absolute Gasteiger partial charge is 0.225 e. The SMILES string of the molecule is COCC(C)C(=O)NCC(C)CC(C)O. The number of amides is 1. The summed E-state index contributed by atoms with van der Waals surface area (Å²) in [5, 5.41) is 12.0. The van der Waals surface area contributed by atoms with Gasteiger partial charge in [0, 0.05) is 13.7 Å². The van der Waals surface area contributed by atoms with E-state index in [1.165, 1.54) is 0 Å². The van der Waals surface area contributed by atoms with Crippen molar-refractivity contribution in [3.63, 3.8) is 0 Å². The van der Waals surface area contributed by atoms with Crippen molar-refractivity contribution in [1.82, 2.24) is 5.32 Å². The highest BCUT2D eigenvalue weighted by molar-refractivity contribution is 5.78. The fourth-order valence-electron chi connectivity index (χ4n) is 1.44. The van der Waals surface area contributed by atoms with Crippen LogP contribution in [0.4, 0.5) is 0 Å².